The fourth-order valence-electron chi connectivity index (χ4n) is 3.82. The van der Waals surface area contributed by atoms with Crippen LogP contribution in [0.1, 0.15) is 28.8 Å². The summed E-state index contributed by atoms with van der Waals surface area (Å²) in [6.45, 7) is 0.0421. The minimum atomic E-state index is -0.309. The van der Waals surface area contributed by atoms with Gasteiger partial charge in [-0.2, -0.15) is 4.98 Å². The van der Waals surface area contributed by atoms with Crippen molar-refractivity contribution in [1.29, 1.82) is 0 Å². The zero-order valence-corrected chi connectivity index (χ0v) is 19.0. The van der Waals surface area contributed by atoms with E-state index in [0.717, 1.165) is 24.1 Å². The molecule has 0 radical (unpaired) electrons. The number of hydrogen-bond donors (Lipinski definition) is 4. The maximum absolute atomic E-state index is 12.4. The number of hydrogen-bond acceptors (Lipinski definition) is 8. The first-order valence-corrected chi connectivity index (χ1v) is 11.0. The molecule has 1 aromatic heterocycles. The number of rotatable bonds is 5. The van der Waals surface area contributed by atoms with Gasteiger partial charge in [-0.05, 0) is 42.7 Å². The van der Waals surface area contributed by atoms with Gasteiger partial charge in [-0.25, -0.2) is 4.98 Å². The summed E-state index contributed by atoms with van der Waals surface area (Å²) in [5, 5.41) is 12.0. The molecule has 2 amide bonds. The van der Waals surface area contributed by atoms with Crippen LogP contribution in [0.25, 0.3) is 0 Å². The lowest BCUT2D eigenvalue weighted by atomic mass is 10.1. The second kappa shape index (κ2) is 9.06. The first kappa shape index (κ1) is 21.8. The lowest BCUT2D eigenvalue weighted by Crippen LogP contribution is -2.19. The molecule has 2 aromatic carbocycles. The summed E-state index contributed by atoms with van der Waals surface area (Å²) in [4.78, 5) is 33.1. The summed E-state index contributed by atoms with van der Waals surface area (Å²) in [7, 11) is 1.54. The summed E-state index contributed by atoms with van der Waals surface area (Å²) in [5.41, 5.74) is 3.29. The summed E-state index contributed by atoms with van der Waals surface area (Å²) >= 11 is 6.36. The van der Waals surface area contributed by atoms with Crippen LogP contribution < -0.4 is 30.7 Å². The smallest absolute Gasteiger partial charge is 0.253 e. The maximum Gasteiger partial charge on any atom is 0.253 e. The fourth-order valence-corrected chi connectivity index (χ4v) is 3.96. The van der Waals surface area contributed by atoms with Crippen LogP contribution in [0.5, 0.6) is 11.5 Å². The molecular weight excluding hydrogens is 460 g/mol. The first-order valence-electron chi connectivity index (χ1n) is 10.7. The van der Waals surface area contributed by atoms with Gasteiger partial charge in [0, 0.05) is 24.8 Å². The van der Waals surface area contributed by atoms with Crippen molar-refractivity contribution in [2.45, 2.75) is 19.3 Å². The molecule has 0 unspecified atom stereocenters. The van der Waals surface area contributed by atoms with Crippen LogP contribution in [-0.4, -0.2) is 35.6 Å². The number of benzene rings is 2. The minimum absolute atomic E-state index is 0.00126. The van der Waals surface area contributed by atoms with Crippen molar-refractivity contribution in [1.82, 2.24) is 15.3 Å². The van der Waals surface area contributed by atoms with E-state index < -0.39 is 0 Å². The second-order valence-corrected chi connectivity index (χ2v) is 8.12. The van der Waals surface area contributed by atoms with E-state index >= 15 is 0 Å². The summed E-state index contributed by atoms with van der Waals surface area (Å²) in [6.07, 6.45) is 3.60. The molecule has 3 heterocycles. The van der Waals surface area contributed by atoms with Gasteiger partial charge in [0.05, 0.1) is 17.4 Å². The fraction of sp³-hybridized carbons (Fsp3) is 0.217. The van der Waals surface area contributed by atoms with E-state index in [1.807, 2.05) is 18.2 Å². The van der Waals surface area contributed by atoms with Crippen LogP contribution in [0.15, 0.2) is 36.5 Å². The van der Waals surface area contributed by atoms with Crippen molar-refractivity contribution >= 4 is 52.2 Å². The largest absolute Gasteiger partial charge is 0.454 e. The predicted octanol–water partition coefficient (Wildman–Crippen LogP) is 3.98. The van der Waals surface area contributed by atoms with Gasteiger partial charge >= 0.3 is 0 Å². The van der Waals surface area contributed by atoms with Gasteiger partial charge in [-0.1, -0.05) is 17.7 Å². The topological polar surface area (TPSA) is 127 Å². The molecule has 4 N–H and O–H groups in total. The third-order valence-electron chi connectivity index (χ3n) is 5.49. The van der Waals surface area contributed by atoms with Crippen LogP contribution in [0.3, 0.4) is 0 Å². The Morgan fingerprint density at radius 1 is 1.15 bits per heavy atom. The highest BCUT2D eigenvalue weighted by molar-refractivity contribution is 6.33. The molecule has 0 spiro atoms. The van der Waals surface area contributed by atoms with E-state index in [9.17, 15) is 9.59 Å². The first-order chi connectivity index (χ1) is 16.5. The molecule has 174 valence electrons. The minimum Gasteiger partial charge on any atom is -0.454 e. The summed E-state index contributed by atoms with van der Waals surface area (Å²) < 4.78 is 11.0. The third kappa shape index (κ3) is 4.27. The molecule has 2 aliphatic rings. The number of aromatic nitrogens is 2. The van der Waals surface area contributed by atoms with Crippen LogP contribution in [0.4, 0.5) is 28.8 Å². The van der Waals surface area contributed by atoms with Crippen LogP contribution in [0, 0.1) is 0 Å². The van der Waals surface area contributed by atoms with Crippen molar-refractivity contribution in [3.63, 3.8) is 0 Å². The number of carbonyl (C=O) groups excluding carboxylic acids is 2. The van der Waals surface area contributed by atoms with Gasteiger partial charge in [0.15, 0.2) is 17.3 Å². The van der Waals surface area contributed by atoms with Crippen molar-refractivity contribution in [2.75, 3.05) is 29.8 Å². The molecule has 0 aliphatic carbocycles. The van der Waals surface area contributed by atoms with Crippen LogP contribution >= 0.6 is 11.6 Å². The molecule has 2 aliphatic heterocycles. The number of ether oxygens (including phenoxy) is 2. The molecule has 0 fully saturated rings. The number of anilines is 5. The molecule has 0 saturated carbocycles. The Balaban J connectivity index is 1.45. The van der Waals surface area contributed by atoms with E-state index in [1.165, 1.54) is 6.20 Å². The molecule has 11 heteroatoms. The van der Waals surface area contributed by atoms with Crippen molar-refractivity contribution in [3.05, 3.63) is 52.7 Å². The third-order valence-corrected chi connectivity index (χ3v) is 5.77. The highest BCUT2D eigenvalue weighted by Crippen LogP contribution is 2.43. The van der Waals surface area contributed by atoms with Crippen LogP contribution in [-0.2, 0) is 11.2 Å². The standard InChI is InChI=1S/C23H21ClN6O4/c1-25-22(32)14-7-8-17-20(34-11-33-17)19(14)29-21-15(24)10-26-23(30-21)27-13-6-5-12-3-2-4-18(31)28-16(12)9-13/h5-10H,2-4,11H2,1H3,(H,25,32)(H,28,31)(H2,26,27,29,30). The highest BCUT2D eigenvalue weighted by atomic mass is 35.5. The van der Waals surface area contributed by atoms with E-state index in [1.54, 1.807) is 19.2 Å². The molecule has 0 bridgehead atoms. The molecule has 5 rings (SSSR count). The zero-order chi connectivity index (χ0) is 23.7. The Morgan fingerprint density at radius 3 is 2.88 bits per heavy atom. The molecule has 0 saturated heterocycles. The van der Waals surface area contributed by atoms with Gasteiger partial charge in [0.1, 0.15) is 5.02 Å². The average molecular weight is 481 g/mol. The molecule has 34 heavy (non-hydrogen) atoms. The number of amides is 2. The normalized spacial score (nSPS) is 14.0. The van der Waals surface area contributed by atoms with E-state index in [-0.39, 0.29) is 35.4 Å². The monoisotopic (exact) mass is 480 g/mol. The number of halogens is 1. The van der Waals surface area contributed by atoms with Gasteiger partial charge in [0.2, 0.25) is 18.6 Å². The lowest BCUT2D eigenvalue weighted by Gasteiger charge is -2.15. The summed E-state index contributed by atoms with van der Waals surface area (Å²) in [6, 6.07) is 9.03. The number of nitrogens with one attached hydrogen (secondary N) is 4. The Hall–Kier alpha value is -4.05. The molecule has 10 nitrogen and oxygen atoms in total. The van der Waals surface area contributed by atoms with E-state index in [4.69, 9.17) is 21.1 Å². The Bertz CT molecular complexity index is 1300. The van der Waals surface area contributed by atoms with Gasteiger partial charge in [-0.3, -0.25) is 9.59 Å². The molecule has 3 aromatic rings. The number of fused-ring (bicyclic) bond motifs is 2. The number of aryl methyl sites for hydroxylation is 1. The van der Waals surface area contributed by atoms with E-state index in [2.05, 4.69) is 31.2 Å². The second-order valence-electron chi connectivity index (χ2n) is 7.71. The van der Waals surface area contributed by atoms with Crippen molar-refractivity contribution in [3.8, 4) is 11.5 Å². The van der Waals surface area contributed by atoms with Crippen molar-refractivity contribution < 1.29 is 19.1 Å². The predicted molar refractivity (Wildman–Crippen MR) is 128 cm³/mol. The molecular formula is C23H21ClN6O4. The van der Waals surface area contributed by atoms with Crippen molar-refractivity contribution in [2.24, 2.45) is 0 Å². The Kier molecular flexibility index (Phi) is 5.81. The average Bonchev–Trinajstić information content (AvgIpc) is 3.23. The number of nitrogens with zero attached hydrogens (tertiary/aromatic N) is 2. The highest BCUT2D eigenvalue weighted by Gasteiger charge is 2.25. The maximum atomic E-state index is 12.4. The lowest BCUT2D eigenvalue weighted by molar-refractivity contribution is -0.116. The van der Waals surface area contributed by atoms with Crippen LogP contribution in [0.2, 0.25) is 5.02 Å². The zero-order valence-electron chi connectivity index (χ0n) is 18.2. The molecule has 0 atom stereocenters. The Morgan fingerprint density at radius 2 is 2.03 bits per heavy atom. The quantitative estimate of drug-likeness (QED) is 0.432. The SMILES string of the molecule is CNC(=O)c1ccc2c(c1Nc1nc(Nc3ccc4c(c3)NC(=O)CCC4)ncc1Cl)OCO2. The van der Waals surface area contributed by atoms with Gasteiger partial charge < -0.3 is 30.7 Å². The Labute approximate surface area is 200 Å². The number of carbonyl (C=O) groups is 2. The van der Waals surface area contributed by atoms with Gasteiger partial charge in [0.25, 0.3) is 5.91 Å². The summed E-state index contributed by atoms with van der Waals surface area (Å²) in [5.74, 6) is 1.14. The van der Waals surface area contributed by atoms with E-state index in [0.29, 0.717) is 34.9 Å². The van der Waals surface area contributed by atoms with Gasteiger partial charge in [-0.15, -0.1) is 0 Å².